The monoisotopic (exact) mass is 1100 g/mol. The fourth-order valence-corrected chi connectivity index (χ4v) is 21.4. The maximum absolute atomic E-state index is 2.92. The molecule has 0 spiro atoms. The van der Waals surface area contributed by atoms with Crippen LogP contribution in [-0.2, 0) is 27.1 Å². The van der Waals surface area contributed by atoms with Crippen LogP contribution in [0.4, 0.5) is 34.1 Å². The van der Waals surface area contributed by atoms with Crippen LogP contribution in [0.3, 0.4) is 0 Å². The van der Waals surface area contributed by atoms with Crippen LogP contribution < -0.4 is 46.2 Å². The highest BCUT2D eigenvalue weighted by molar-refractivity contribution is 7.33. The normalized spacial score (nSPS) is 17.1. The van der Waals surface area contributed by atoms with E-state index in [9.17, 15) is 0 Å². The van der Waals surface area contributed by atoms with Crippen LogP contribution in [0, 0.1) is 6.92 Å². The van der Waals surface area contributed by atoms with E-state index in [1.165, 1.54) is 144 Å². The van der Waals surface area contributed by atoms with Crippen molar-refractivity contribution in [2.45, 2.75) is 136 Å². The standard InChI is InChI=1S/C77H77BN2SSi/c1-50-43-67-70-68(44-50)80(65-38-35-57(47-58(65)51-25-17-13-18-26-51)82(54-27-19-14-20-28-54,55-29-21-15-22-30-55)56-31-23-16-24-32-56)66-37-33-52(73(2,3)4)45-64(66)78(70)72-71(59-48-62-63(49-69(59)81-72)77(11,12)42-41-76(62,9)10)79(67)53-34-36-60-61(46-53)75(7,8)40-39-74(60,5)6/h13-38,43-49H,39-42H2,1-12H3. The summed E-state index contributed by atoms with van der Waals surface area (Å²) in [5.74, 6) is 0. The summed E-state index contributed by atoms with van der Waals surface area (Å²) in [6.45, 7) is 29.3. The molecule has 0 fully saturated rings. The number of benzene rings is 9. The van der Waals surface area contributed by atoms with Gasteiger partial charge >= 0.3 is 0 Å². The zero-order valence-corrected chi connectivity index (χ0v) is 52.1. The number of fused-ring (bicyclic) bond motifs is 8. The number of nitrogens with zero attached hydrogens (tertiary/aromatic N) is 2. The Labute approximate surface area is 494 Å². The molecule has 408 valence electrons. The van der Waals surface area contributed by atoms with Gasteiger partial charge in [-0.3, -0.25) is 0 Å². The molecule has 2 aliphatic heterocycles. The highest BCUT2D eigenvalue weighted by atomic mass is 32.1. The van der Waals surface area contributed by atoms with Crippen molar-refractivity contribution >= 4 is 107 Å². The van der Waals surface area contributed by atoms with Gasteiger partial charge in [-0.05, 0) is 179 Å². The van der Waals surface area contributed by atoms with Crippen LogP contribution in [0.25, 0.3) is 21.2 Å². The molecule has 0 saturated carbocycles. The zero-order valence-electron chi connectivity index (χ0n) is 50.3. The first kappa shape index (κ1) is 52.9. The smallest absolute Gasteiger partial charge is 0.264 e. The summed E-state index contributed by atoms with van der Waals surface area (Å²) < 4.78 is 2.84. The topological polar surface area (TPSA) is 6.48 Å². The van der Waals surface area contributed by atoms with Crippen molar-refractivity contribution in [3.63, 3.8) is 0 Å². The van der Waals surface area contributed by atoms with Crippen molar-refractivity contribution in [2.75, 3.05) is 9.80 Å². The predicted molar refractivity (Wildman–Crippen MR) is 359 cm³/mol. The number of hydrogen-bond donors (Lipinski definition) is 0. The van der Waals surface area contributed by atoms with Gasteiger partial charge < -0.3 is 9.80 Å². The minimum atomic E-state index is -2.92. The minimum absolute atomic E-state index is 0.00241. The number of aryl methyl sites for hydroxylation is 1. The molecule has 5 heteroatoms. The lowest BCUT2D eigenvalue weighted by atomic mass is 9.36. The van der Waals surface area contributed by atoms with Crippen molar-refractivity contribution in [2.24, 2.45) is 0 Å². The molecule has 14 rings (SSSR count). The van der Waals surface area contributed by atoms with Crippen LogP contribution in [0.1, 0.15) is 135 Å². The Hall–Kier alpha value is -7.18. The molecule has 9 aromatic carbocycles. The first-order valence-corrected chi connectivity index (χ1v) is 33.0. The van der Waals surface area contributed by atoms with E-state index in [2.05, 4.69) is 304 Å². The average molecular weight is 1100 g/mol. The van der Waals surface area contributed by atoms with Crippen LogP contribution >= 0.6 is 11.3 Å². The lowest BCUT2D eigenvalue weighted by molar-refractivity contribution is 0.332. The molecular formula is C77H77BN2SSi. The third-order valence-corrected chi connectivity index (χ3v) is 26.1. The van der Waals surface area contributed by atoms with Crippen molar-refractivity contribution in [3.8, 4) is 11.1 Å². The van der Waals surface area contributed by atoms with Gasteiger partial charge in [0.2, 0.25) is 0 Å². The lowest BCUT2D eigenvalue weighted by Gasteiger charge is -2.45. The van der Waals surface area contributed by atoms with Gasteiger partial charge in [-0.15, -0.1) is 11.3 Å². The highest BCUT2D eigenvalue weighted by Crippen LogP contribution is 2.55. The van der Waals surface area contributed by atoms with Gasteiger partial charge in [0.25, 0.3) is 6.71 Å². The van der Waals surface area contributed by atoms with Crippen molar-refractivity contribution < 1.29 is 0 Å². The van der Waals surface area contributed by atoms with Gasteiger partial charge in [0.1, 0.15) is 0 Å². The molecule has 0 saturated heterocycles. The first-order chi connectivity index (χ1) is 39.2. The second kappa shape index (κ2) is 18.7. The van der Waals surface area contributed by atoms with E-state index >= 15 is 0 Å². The van der Waals surface area contributed by atoms with E-state index in [1.54, 1.807) is 0 Å². The quantitative estimate of drug-likeness (QED) is 0.116. The van der Waals surface area contributed by atoms with E-state index in [0.29, 0.717) is 0 Å². The van der Waals surface area contributed by atoms with E-state index in [1.807, 2.05) is 0 Å². The predicted octanol–water partition coefficient (Wildman–Crippen LogP) is 16.3. The van der Waals surface area contributed by atoms with Gasteiger partial charge in [0, 0.05) is 43.2 Å². The summed E-state index contributed by atoms with van der Waals surface area (Å²) in [5.41, 5.74) is 21.6. The molecule has 0 bridgehead atoms. The van der Waals surface area contributed by atoms with Gasteiger partial charge in [-0.1, -0.05) is 228 Å². The van der Waals surface area contributed by atoms with Gasteiger partial charge in [0.15, 0.2) is 8.07 Å². The molecule has 0 radical (unpaired) electrons. The Balaban J connectivity index is 1.09. The molecule has 0 atom stereocenters. The van der Waals surface area contributed by atoms with Crippen LogP contribution in [0.15, 0.2) is 200 Å². The van der Waals surface area contributed by atoms with Gasteiger partial charge in [-0.2, -0.15) is 0 Å². The van der Waals surface area contributed by atoms with Crippen molar-refractivity contribution in [1.82, 2.24) is 0 Å². The van der Waals surface area contributed by atoms with E-state index in [0.717, 1.165) is 6.42 Å². The molecule has 82 heavy (non-hydrogen) atoms. The Bertz CT molecular complexity index is 4070. The van der Waals surface area contributed by atoms with Crippen LogP contribution in [0.5, 0.6) is 0 Å². The van der Waals surface area contributed by atoms with E-state index in [-0.39, 0.29) is 33.8 Å². The maximum atomic E-state index is 2.75. The summed E-state index contributed by atoms with van der Waals surface area (Å²) in [6.07, 6.45) is 4.71. The lowest BCUT2D eigenvalue weighted by Crippen LogP contribution is -2.74. The number of rotatable bonds is 7. The molecule has 0 amide bonds. The molecule has 10 aromatic rings. The van der Waals surface area contributed by atoms with E-state index in [4.69, 9.17) is 0 Å². The summed E-state index contributed by atoms with van der Waals surface area (Å²) in [4.78, 5) is 5.44. The molecular weight excluding hydrogens is 1020 g/mol. The van der Waals surface area contributed by atoms with Crippen molar-refractivity contribution in [3.05, 3.63) is 234 Å². The fraction of sp³-hybridized carbons (Fsp3) is 0.273. The molecule has 0 N–H and O–H groups in total. The van der Waals surface area contributed by atoms with Crippen molar-refractivity contribution in [1.29, 1.82) is 0 Å². The Morgan fingerprint density at radius 2 is 0.951 bits per heavy atom. The Kier molecular flexibility index (Phi) is 12.0. The van der Waals surface area contributed by atoms with Gasteiger partial charge in [0.05, 0.1) is 11.4 Å². The van der Waals surface area contributed by atoms with Crippen LogP contribution in [0.2, 0.25) is 0 Å². The Morgan fingerprint density at radius 1 is 0.451 bits per heavy atom. The summed E-state index contributed by atoms with van der Waals surface area (Å²) >= 11 is 2.06. The first-order valence-electron chi connectivity index (χ1n) is 30.2. The molecule has 0 unspecified atom stereocenters. The number of thiophene rings is 1. The third kappa shape index (κ3) is 8.06. The number of hydrogen-bond acceptors (Lipinski definition) is 3. The summed E-state index contributed by atoms with van der Waals surface area (Å²) in [7, 11) is -2.92. The largest absolute Gasteiger partial charge is 0.311 e. The second-order valence-electron chi connectivity index (χ2n) is 28.3. The molecule has 2 nitrogen and oxygen atoms in total. The maximum Gasteiger partial charge on any atom is 0.264 e. The summed E-state index contributed by atoms with van der Waals surface area (Å²) in [6, 6.07) is 78.5. The zero-order chi connectivity index (χ0) is 56.9. The Morgan fingerprint density at radius 3 is 1.51 bits per heavy atom. The van der Waals surface area contributed by atoms with Gasteiger partial charge in [-0.25, -0.2) is 0 Å². The average Bonchev–Trinajstić information content (AvgIpc) is 1.68. The summed E-state index contributed by atoms with van der Waals surface area (Å²) in [5, 5.41) is 6.85. The second-order valence-corrected chi connectivity index (χ2v) is 33.2. The molecule has 1 aromatic heterocycles. The highest BCUT2D eigenvalue weighted by Gasteiger charge is 2.49. The molecule has 2 aliphatic carbocycles. The fourth-order valence-electron chi connectivity index (χ4n) is 15.3. The van der Waals surface area contributed by atoms with Crippen LogP contribution in [-0.4, -0.2) is 14.8 Å². The minimum Gasteiger partial charge on any atom is -0.311 e. The SMILES string of the molecule is Cc1cc2c3c(c1)N(c1ccc4c(c1)C(C)(C)CCC4(C)C)c1c(sc4cc5c(cc14)C(C)(C)CCC5(C)C)B3c1cc(C(C)(C)C)ccc1N2c1ccc([Si](c2ccccc2)(c2ccccc2)c2ccccc2)cc1-c1ccccc1. The number of anilines is 6. The molecule has 3 heterocycles. The molecule has 4 aliphatic rings. The van der Waals surface area contributed by atoms with E-state index < -0.39 is 8.07 Å². The third-order valence-electron chi connectivity index (χ3n) is 20.1.